The number of benzene rings is 1. The van der Waals surface area contributed by atoms with E-state index in [1.165, 1.54) is 7.11 Å². The van der Waals surface area contributed by atoms with E-state index in [1.807, 2.05) is 6.92 Å². The summed E-state index contributed by atoms with van der Waals surface area (Å²) in [4.78, 5) is 12.2. The third-order valence-corrected chi connectivity index (χ3v) is 3.60. The fourth-order valence-electron chi connectivity index (χ4n) is 2.48. The van der Waals surface area contributed by atoms with Gasteiger partial charge in [-0.05, 0) is 18.6 Å². The Bertz CT molecular complexity index is 481. The lowest BCUT2D eigenvalue weighted by atomic mass is 9.77. The second-order valence-electron chi connectivity index (χ2n) is 4.68. The van der Waals surface area contributed by atoms with E-state index in [9.17, 15) is 9.90 Å². The molecule has 4 heteroatoms. The van der Waals surface area contributed by atoms with E-state index in [-0.39, 0.29) is 12.2 Å². The Morgan fingerprint density at radius 1 is 1.22 bits per heavy atom. The van der Waals surface area contributed by atoms with Crippen molar-refractivity contribution in [2.45, 2.75) is 31.8 Å². The number of fused-ring (bicyclic) bond motifs is 1. The van der Waals surface area contributed by atoms with E-state index < -0.39 is 5.60 Å². The molecule has 0 unspecified atom stereocenters. The molecule has 1 atom stereocenters. The molecule has 1 N–H and O–H groups in total. The Balaban J connectivity index is 2.60. The van der Waals surface area contributed by atoms with Gasteiger partial charge in [0.25, 0.3) is 0 Å². The zero-order chi connectivity index (χ0) is 13.3. The van der Waals surface area contributed by atoms with Crippen LogP contribution in [-0.2, 0) is 6.42 Å². The number of Topliss-reactive ketones (excluding diaryl/α,β-unsaturated/α-hetero) is 1. The summed E-state index contributed by atoms with van der Waals surface area (Å²) in [5.41, 5.74) is 0.330. The quantitative estimate of drug-likeness (QED) is 0.891. The van der Waals surface area contributed by atoms with Crippen LogP contribution in [-0.4, -0.2) is 30.7 Å². The maximum Gasteiger partial charge on any atom is 0.169 e. The minimum absolute atomic E-state index is 0.0867. The molecule has 0 heterocycles. The van der Waals surface area contributed by atoms with Gasteiger partial charge in [0, 0.05) is 18.4 Å². The third kappa shape index (κ3) is 1.97. The van der Waals surface area contributed by atoms with Crippen molar-refractivity contribution < 1.29 is 19.4 Å². The summed E-state index contributed by atoms with van der Waals surface area (Å²) in [5.74, 6) is 1.09. The molecule has 1 aliphatic rings. The van der Waals surface area contributed by atoms with Gasteiger partial charge in [-0.25, -0.2) is 0 Å². The molecule has 0 radical (unpaired) electrons. The molecule has 2 rings (SSSR count). The highest BCUT2D eigenvalue weighted by Crippen LogP contribution is 2.40. The predicted molar refractivity (Wildman–Crippen MR) is 67.4 cm³/mol. The average molecular weight is 250 g/mol. The summed E-state index contributed by atoms with van der Waals surface area (Å²) in [7, 11) is 3.10. The lowest BCUT2D eigenvalue weighted by Gasteiger charge is -2.33. The molecule has 0 saturated carbocycles. The number of carbonyl (C=O) groups excluding carboxylic acids is 1. The van der Waals surface area contributed by atoms with Crippen molar-refractivity contribution in [2.75, 3.05) is 14.2 Å². The molecule has 0 aromatic heterocycles. The van der Waals surface area contributed by atoms with Crippen molar-refractivity contribution in [1.29, 1.82) is 0 Å². The first-order valence-corrected chi connectivity index (χ1v) is 6.04. The third-order valence-electron chi connectivity index (χ3n) is 3.60. The van der Waals surface area contributed by atoms with E-state index in [2.05, 4.69) is 0 Å². The Hall–Kier alpha value is -1.55. The van der Waals surface area contributed by atoms with Crippen molar-refractivity contribution in [2.24, 2.45) is 0 Å². The molecule has 1 aromatic carbocycles. The Labute approximate surface area is 107 Å². The van der Waals surface area contributed by atoms with E-state index in [1.54, 1.807) is 19.2 Å². The van der Waals surface area contributed by atoms with Gasteiger partial charge in [0.15, 0.2) is 5.78 Å². The fourth-order valence-corrected chi connectivity index (χ4v) is 2.48. The lowest BCUT2D eigenvalue weighted by Crippen LogP contribution is -2.38. The zero-order valence-electron chi connectivity index (χ0n) is 10.9. The molecule has 0 saturated heterocycles. The molecule has 1 aliphatic carbocycles. The highest BCUT2D eigenvalue weighted by atomic mass is 16.5. The van der Waals surface area contributed by atoms with Crippen LogP contribution in [0.3, 0.4) is 0 Å². The molecule has 18 heavy (non-hydrogen) atoms. The summed E-state index contributed by atoms with van der Waals surface area (Å²) in [5, 5.41) is 10.4. The van der Waals surface area contributed by atoms with E-state index >= 15 is 0 Å². The number of methoxy groups -OCH3 is 2. The van der Waals surface area contributed by atoms with Crippen LogP contribution in [0, 0.1) is 0 Å². The monoisotopic (exact) mass is 250 g/mol. The first-order chi connectivity index (χ1) is 8.54. The first-order valence-electron chi connectivity index (χ1n) is 6.04. The zero-order valence-corrected chi connectivity index (χ0v) is 10.9. The molecule has 0 bridgehead atoms. The van der Waals surface area contributed by atoms with Crippen molar-refractivity contribution in [1.82, 2.24) is 0 Å². The maximum absolute atomic E-state index is 12.2. The largest absolute Gasteiger partial charge is 0.496 e. The normalized spacial score (nSPS) is 22.6. The molecule has 1 aromatic rings. The van der Waals surface area contributed by atoms with Crippen molar-refractivity contribution >= 4 is 5.78 Å². The van der Waals surface area contributed by atoms with Gasteiger partial charge in [0.05, 0.1) is 25.4 Å². The summed E-state index contributed by atoms with van der Waals surface area (Å²) in [6.07, 6.45) is 1.10. The molecule has 4 nitrogen and oxygen atoms in total. The van der Waals surface area contributed by atoms with Gasteiger partial charge in [-0.15, -0.1) is 0 Å². The van der Waals surface area contributed by atoms with Crippen LogP contribution in [0.2, 0.25) is 0 Å². The van der Waals surface area contributed by atoms with Crippen LogP contribution in [0.1, 0.15) is 35.7 Å². The van der Waals surface area contributed by atoms with Crippen molar-refractivity contribution in [3.05, 3.63) is 23.3 Å². The van der Waals surface area contributed by atoms with Crippen LogP contribution in [0.25, 0.3) is 0 Å². The molecular formula is C14H18O4. The number of hydrogen-bond donors (Lipinski definition) is 1. The molecule has 0 amide bonds. The van der Waals surface area contributed by atoms with Crippen molar-refractivity contribution in [3.8, 4) is 11.5 Å². The standard InChI is InChI=1S/C14H18O4/c1-4-14(16)7-9-11(17-2)5-6-12(18-3)13(9)10(15)8-14/h5-6,16H,4,7-8H2,1-3H3/t14-/m0/s1. The second-order valence-corrected chi connectivity index (χ2v) is 4.68. The van der Waals surface area contributed by atoms with E-state index in [0.29, 0.717) is 29.9 Å². The molecule has 0 aliphatic heterocycles. The van der Waals surface area contributed by atoms with Gasteiger partial charge in [0.1, 0.15) is 11.5 Å². The smallest absolute Gasteiger partial charge is 0.169 e. The van der Waals surface area contributed by atoms with Crippen LogP contribution >= 0.6 is 0 Å². The van der Waals surface area contributed by atoms with Gasteiger partial charge in [-0.2, -0.15) is 0 Å². The minimum Gasteiger partial charge on any atom is -0.496 e. The summed E-state index contributed by atoms with van der Waals surface area (Å²) >= 11 is 0. The lowest BCUT2D eigenvalue weighted by molar-refractivity contribution is 0.0225. The SMILES string of the molecule is CC[C@@]1(O)CC(=O)c2c(OC)ccc(OC)c2C1. The molecule has 98 valence electrons. The Morgan fingerprint density at radius 3 is 2.39 bits per heavy atom. The number of carbonyl (C=O) groups is 1. The van der Waals surface area contributed by atoms with Crippen molar-refractivity contribution in [3.63, 3.8) is 0 Å². The van der Waals surface area contributed by atoms with Crippen LogP contribution in [0.5, 0.6) is 11.5 Å². The highest BCUT2D eigenvalue weighted by Gasteiger charge is 2.38. The van der Waals surface area contributed by atoms with Gasteiger partial charge in [0.2, 0.25) is 0 Å². The topological polar surface area (TPSA) is 55.8 Å². The van der Waals surface area contributed by atoms with Crippen LogP contribution in [0.4, 0.5) is 0 Å². The van der Waals surface area contributed by atoms with Crippen LogP contribution in [0.15, 0.2) is 12.1 Å². The fraction of sp³-hybridized carbons (Fsp3) is 0.500. The van der Waals surface area contributed by atoms with Gasteiger partial charge in [-0.1, -0.05) is 6.92 Å². The second kappa shape index (κ2) is 4.61. The number of hydrogen-bond acceptors (Lipinski definition) is 4. The summed E-state index contributed by atoms with van der Waals surface area (Å²) in [6, 6.07) is 3.50. The summed E-state index contributed by atoms with van der Waals surface area (Å²) in [6.45, 7) is 1.88. The summed E-state index contributed by atoms with van der Waals surface area (Å²) < 4.78 is 10.5. The highest BCUT2D eigenvalue weighted by molar-refractivity contribution is 6.02. The van der Waals surface area contributed by atoms with Crippen LogP contribution < -0.4 is 9.47 Å². The van der Waals surface area contributed by atoms with Gasteiger partial charge >= 0.3 is 0 Å². The number of ketones is 1. The number of rotatable bonds is 3. The molecular weight excluding hydrogens is 232 g/mol. The van der Waals surface area contributed by atoms with Gasteiger partial charge < -0.3 is 14.6 Å². The average Bonchev–Trinajstić information content (AvgIpc) is 2.37. The minimum atomic E-state index is -0.969. The maximum atomic E-state index is 12.2. The Morgan fingerprint density at radius 2 is 1.83 bits per heavy atom. The number of aliphatic hydroxyl groups is 1. The molecule has 0 fully saturated rings. The number of ether oxygens (including phenoxy) is 2. The predicted octanol–water partition coefficient (Wildman–Crippen LogP) is 1.97. The first kappa shape index (κ1) is 12.9. The van der Waals surface area contributed by atoms with Gasteiger partial charge in [-0.3, -0.25) is 4.79 Å². The van der Waals surface area contributed by atoms with E-state index in [4.69, 9.17) is 9.47 Å². The molecule has 0 spiro atoms. The Kier molecular flexibility index (Phi) is 3.30. The van der Waals surface area contributed by atoms with E-state index in [0.717, 1.165) is 5.56 Å².